The molecule has 3 aliphatic heterocycles. The van der Waals surface area contributed by atoms with Gasteiger partial charge in [-0.1, -0.05) is 34.6 Å². The normalized spacial score (nSPS) is 46.8. The van der Waals surface area contributed by atoms with E-state index in [0.29, 0.717) is 5.56 Å². The van der Waals surface area contributed by atoms with Crippen molar-refractivity contribution in [2.45, 2.75) is 128 Å². The van der Waals surface area contributed by atoms with Crippen LogP contribution in [-0.4, -0.2) is 88.5 Å². The summed E-state index contributed by atoms with van der Waals surface area (Å²) >= 11 is 5.96. The van der Waals surface area contributed by atoms with Crippen LogP contribution in [0.2, 0.25) is 0 Å². The summed E-state index contributed by atoms with van der Waals surface area (Å²) in [5.41, 5.74) is -10.9. The molecule has 7 fully saturated rings. The van der Waals surface area contributed by atoms with Crippen LogP contribution in [-0.2, 0) is 61.9 Å². The zero-order chi connectivity index (χ0) is 40.1. The van der Waals surface area contributed by atoms with E-state index in [1.165, 1.54) is 33.5 Å². The summed E-state index contributed by atoms with van der Waals surface area (Å²) in [6.07, 6.45) is -1.04. The van der Waals surface area contributed by atoms with E-state index in [1.807, 2.05) is 20.8 Å². The topological polar surface area (TPSA) is 193 Å². The van der Waals surface area contributed by atoms with E-state index in [-0.39, 0.29) is 37.0 Å². The lowest BCUT2D eigenvalue weighted by Gasteiger charge is -2.77. The minimum Gasteiger partial charge on any atom is -0.472 e. The summed E-state index contributed by atoms with van der Waals surface area (Å²) in [6.45, 7) is 13.1. The summed E-state index contributed by atoms with van der Waals surface area (Å²) in [7, 11) is 1.28. The first-order valence-electron chi connectivity index (χ1n) is 18.6. The Morgan fingerprint density at radius 1 is 1.00 bits per heavy atom. The van der Waals surface area contributed by atoms with E-state index >= 15 is 4.79 Å². The molecule has 4 aliphatic carbocycles. The van der Waals surface area contributed by atoms with Crippen molar-refractivity contribution in [2.75, 3.05) is 13.0 Å². The van der Waals surface area contributed by atoms with Crippen LogP contribution < -0.4 is 0 Å². The van der Waals surface area contributed by atoms with Gasteiger partial charge in [-0.05, 0) is 31.2 Å². The molecule has 1 aromatic heterocycles. The fourth-order valence-corrected chi connectivity index (χ4v) is 13.3. The van der Waals surface area contributed by atoms with Gasteiger partial charge in [0.1, 0.15) is 35.0 Å². The number of halogens is 1. The molecule has 4 bridgehead atoms. The van der Waals surface area contributed by atoms with Crippen molar-refractivity contribution >= 4 is 41.4 Å². The van der Waals surface area contributed by atoms with Crippen LogP contribution in [0.1, 0.15) is 92.7 Å². The van der Waals surface area contributed by atoms with Crippen molar-refractivity contribution in [3.05, 3.63) is 35.5 Å². The van der Waals surface area contributed by atoms with Gasteiger partial charge in [-0.3, -0.25) is 19.2 Å². The Kier molecular flexibility index (Phi) is 8.06. The number of hydrogen-bond donors (Lipinski definition) is 1. The molecule has 3 spiro atoms. The molecule has 16 heteroatoms. The SMILES string of the molecule is COC(=O)CC1C2(C)CC34OC5(C)OC67C(C(=C(OC(=O)CCl)C(C)C)C(=O)OC6C3(O)C2OC(C)=O)C(C)(C(OC(C)=O)c2ccoc2)CCC7(O5)C14C. The molecule has 0 radical (unpaired) electrons. The molecule has 4 heterocycles. The van der Waals surface area contributed by atoms with Crippen molar-refractivity contribution in [3.63, 3.8) is 0 Å². The maximum atomic E-state index is 15.1. The third-order valence-electron chi connectivity index (χ3n) is 14.5. The molecule has 1 aromatic rings. The first-order valence-corrected chi connectivity index (χ1v) is 19.1. The largest absolute Gasteiger partial charge is 0.472 e. The molecular weight excluding hydrogens is 744 g/mol. The van der Waals surface area contributed by atoms with E-state index in [1.54, 1.807) is 26.8 Å². The van der Waals surface area contributed by atoms with Gasteiger partial charge in [0.2, 0.25) is 0 Å². The third kappa shape index (κ3) is 4.18. The highest BCUT2D eigenvalue weighted by Gasteiger charge is 3.04. The monoisotopic (exact) mass is 790 g/mol. The van der Waals surface area contributed by atoms with E-state index in [0.717, 1.165) is 0 Å². The highest BCUT2D eigenvalue weighted by molar-refractivity contribution is 6.26. The predicted molar refractivity (Wildman–Crippen MR) is 184 cm³/mol. The van der Waals surface area contributed by atoms with Gasteiger partial charge in [0.15, 0.2) is 17.3 Å². The highest BCUT2D eigenvalue weighted by Crippen LogP contribution is 2.90. The smallest absolute Gasteiger partial charge is 0.338 e. The van der Waals surface area contributed by atoms with Crippen molar-refractivity contribution in [2.24, 2.45) is 34.0 Å². The van der Waals surface area contributed by atoms with Gasteiger partial charge in [0.25, 0.3) is 5.97 Å². The van der Waals surface area contributed by atoms with Crippen LogP contribution in [0.25, 0.3) is 0 Å². The van der Waals surface area contributed by atoms with Crippen molar-refractivity contribution < 1.29 is 71.4 Å². The average Bonchev–Trinajstić information content (AvgIpc) is 3.80. The number of fused-ring (bicyclic) bond motifs is 3. The number of esters is 5. The standard InChI is InChI=1S/C39H47ClO15/c1-18(2)26(51-24(44)15-40)25-27-32(5,28(49-19(3)41)21-10-13-48-16-21)11-12-36-34(7)22(14-23(43)47-9)33(6)17-37(34)38(46,30(33)50-20(4)42)31(52-29(25)45)39(27,36)55-35(8,53-36)54-37/h10,13,16,18,22,27-28,30-31,46H,11-12,14-15,17H2,1-9H3. The fourth-order valence-electron chi connectivity index (χ4n) is 13.2. The summed E-state index contributed by atoms with van der Waals surface area (Å²) in [5, 5.41) is 13.8. The van der Waals surface area contributed by atoms with Crippen LogP contribution in [0.15, 0.2) is 34.3 Å². The predicted octanol–water partition coefficient (Wildman–Crippen LogP) is 4.17. The number of alkyl halides is 1. The van der Waals surface area contributed by atoms with Crippen LogP contribution in [0.5, 0.6) is 0 Å². The summed E-state index contributed by atoms with van der Waals surface area (Å²) < 4.78 is 56.9. The average molecular weight is 791 g/mol. The Morgan fingerprint density at radius 2 is 1.69 bits per heavy atom. The van der Waals surface area contributed by atoms with Gasteiger partial charge in [-0.2, -0.15) is 0 Å². The number of furan rings is 1. The fraction of sp³-hybridized carbons (Fsp3) is 0.718. The first-order chi connectivity index (χ1) is 25.6. The minimum absolute atomic E-state index is 0.0665. The summed E-state index contributed by atoms with van der Waals surface area (Å²) in [4.78, 5) is 67.6. The maximum Gasteiger partial charge on any atom is 0.338 e. The number of carbonyl (C=O) groups is 5. The molecule has 300 valence electrons. The van der Waals surface area contributed by atoms with Crippen molar-refractivity contribution in [1.29, 1.82) is 0 Å². The maximum absolute atomic E-state index is 15.1. The number of carbonyl (C=O) groups excluding carboxylic acids is 5. The first kappa shape index (κ1) is 38.4. The van der Waals surface area contributed by atoms with E-state index in [2.05, 4.69) is 0 Å². The second-order valence-electron chi connectivity index (χ2n) is 17.5. The number of aliphatic hydroxyl groups is 1. The Morgan fingerprint density at radius 3 is 2.27 bits per heavy atom. The van der Waals surface area contributed by atoms with Gasteiger partial charge in [0.05, 0.1) is 25.2 Å². The van der Waals surface area contributed by atoms with Gasteiger partial charge in [-0.15, -0.1) is 11.6 Å². The molecule has 13 atom stereocenters. The highest BCUT2D eigenvalue weighted by atomic mass is 35.5. The molecule has 55 heavy (non-hydrogen) atoms. The molecule has 1 N–H and O–H groups in total. The Labute approximate surface area is 322 Å². The Hall–Kier alpha value is -3.50. The second kappa shape index (κ2) is 11.6. The number of rotatable bonds is 9. The molecule has 0 aromatic carbocycles. The van der Waals surface area contributed by atoms with E-state index in [4.69, 9.17) is 53.9 Å². The van der Waals surface area contributed by atoms with Gasteiger partial charge in [0, 0.05) is 60.8 Å². The van der Waals surface area contributed by atoms with Crippen molar-refractivity contribution in [1.82, 2.24) is 0 Å². The van der Waals surface area contributed by atoms with Crippen molar-refractivity contribution in [3.8, 4) is 0 Å². The molecular formula is C39H47ClO15. The van der Waals surface area contributed by atoms with Gasteiger partial charge >= 0.3 is 29.8 Å². The molecule has 7 aliphatic rings. The van der Waals surface area contributed by atoms with Crippen LogP contribution in [0.4, 0.5) is 0 Å². The number of allylic oxidation sites excluding steroid dienone is 1. The number of ether oxygens (including phenoxy) is 8. The van der Waals surface area contributed by atoms with Crippen LogP contribution in [0, 0.1) is 34.0 Å². The van der Waals surface area contributed by atoms with Crippen LogP contribution in [0.3, 0.4) is 0 Å². The van der Waals surface area contributed by atoms with Gasteiger partial charge < -0.3 is 47.4 Å². The molecule has 15 nitrogen and oxygen atoms in total. The zero-order valence-corrected chi connectivity index (χ0v) is 33.0. The number of hydrogen-bond acceptors (Lipinski definition) is 15. The quantitative estimate of drug-likeness (QED) is 0.123. The van der Waals surface area contributed by atoms with E-state index in [9.17, 15) is 24.3 Å². The summed E-state index contributed by atoms with van der Waals surface area (Å²) in [6, 6.07) is 1.65. The molecule has 0 amide bonds. The lowest BCUT2D eigenvalue weighted by atomic mass is 9.33. The van der Waals surface area contributed by atoms with Crippen LogP contribution >= 0.6 is 11.6 Å². The second-order valence-corrected chi connectivity index (χ2v) is 17.7. The molecule has 13 unspecified atom stereocenters. The molecule has 4 saturated carbocycles. The minimum atomic E-state index is -2.31. The molecule has 8 rings (SSSR count). The lowest BCUT2D eigenvalue weighted by Crippen LogP contribution is -2.94. The third-order valence-corrected chi connectivity index (χ3v) is 14.7. The molecule has 3 saturated heterocycles. The lowest BCUT2D eigenvalue weighted by molar-refractivity contribution is -0.478. The number of methoxy groups -OCH3 is 1. The van der Waals surface area contributed by atoms with Gasteiger partial charge in [-0.25, -0.2) is 4.79 Å². The Bertz CT molecular complexity index is 1930. The summed E-state index contributed by atoms with van der Waals surface area (Å²) in [5.74, 6) is -8.82. The zero-order valence-electron chi connectivity index (χ0n) is 32.3. The Balaban J connectivity index is 1.52. The van der Waals surface area contributed by atoms with E-state index < -0.39 is 116 Å².